The Morgan fingerprint density at radius 3 is 0.873 bits per heavy atom. The zero-order chi connectivity index (χ0) is 48.3. The Hall–Kier alpha value is -3.50. The summed E-state index contributed by atoms with van der Waals surface area (Å²) in [5, 5.41) is 18.2. The predicted molar refractivity (Wildman–Crippen MR) is 232 cm³/mol. The number of carbonyl (C=O) groups excluding carboxylic acids is 4. The second kappa shape index (κ2) is 30.6. The highest BCUT2D eigenvalue weighted by atomic mass is 16.6. The highest BCUT2D eigenvalue weighted by Crippen LogP contribution is 2.12. The Labute approximate surface area is 375 Å². The molecule has 0 aliphatic heterocycles. The van der Waals surface area contributed by atoms with Gasteiger partial charge in [-0.1, -0.05) is 0 Å². The van der Waals surface area contributed by atoms with Crippen LogP contribution in [0.15, 0.2) is 0 Å². The van der Waals surface area contributed by atoms with Crippen molar-refractivity contribution in [3.8, 4) is 0 Å². The molecule has 0 spiro atoms. The summed E-state index contributed by atoms with van der Waals surface area (Å²) in [7, 11) is 0. The molecule has 0 bridgehead atoms. The van der Waals surface area contributed by atoms with Crippen LogP contribution in [0.25, 0.3) is 0 Å². The van der Waals surface area contributed by atoms with Crippen molar-refractivity contribution in [3.63, 3.8) is 0 Å². The van der Waals surface area contributed by atoms with Gasteiger partial charge < -0.3 is 48.1 Å². The molecule has 0 heterocycles. The first-order chi connectivity index (χ1) is 29.0. The van der Waals surface area contributed by atoms with E-state index in [1.54, 1.807) is 88.0 Å². The number of carboxylic acid groups (broad SMARTS) is 2. The fourth-order valence-corrected chi connectivity index (χ4v) is 5.40. The molecule has 368 valence electrons. The Balaban J connectivity index is 5.84. The molecule has 0 saturated carbocycles. The van der Waals surface area contributed by atoms with Crippen LogP contribution in [0.1, 0.15) is 89.5 Å². The smallest absolute Gasteiger partial charge is 0.320 e. The van der Waals surface area contributed by atoms with Gasteiger partial charge in [0.2, 0.25) is 0 Å². The number of carbonyl (C=O) groups is 6. The van der Waals surface area contributed by atoms with E-state index in [1.165, 1.54) is 4.90 Å². The maximum Gasteiger partial charge on any atom is 0.320 e. The maximum atomic E-state index is 13.2. The highest BCUT2D eigenvalue weighted by molar-refractivity contribution is 5.75. The molecule has 0 amide bonds. The number of hydrogen-bond donors (Lipinski definition) is 2. The van der Waals surface area contributed by atoms with Crippen LogP contribution in [0.2, 0.25) is 0 Å². The SMILES string of the molecule is CC(C)(C)OC(=O)CN(CCOCCOCCOCCOCCC(=O)O)CCN(CCN(CCN(CC(=O)O)CC(=O)OC(C)(C)C)CC(=O)OC(C)(C)C)CC(=O)OC(C)(C)C. The quantitative estimate of drug-likeness (QED) is 0.0536. The van der Waals surface area contributed by atoms with Gasteiger partial charge in [0.25, 0.3) is 0 Å². The van der Waals surface area contributed by atoms with Crippen molar-refractivity contribution in [2.45, 2.75) is 112 Å². The number of ether oxygens (including phenoxy) is 8. The van der Waals surface area contributed by atoms with Gasteiger partial charge in [-0.2, -0.15) is 0 Å². The van der Waals surface area contributed by atoms with Gasteiger partial charge in [-0.05, 0) is 83.1 Å². The van der Waals surface area contributed by atoms with Crippen LogP contribution in [0.3, 0.4) is 0 Å². The fourth-order valence-electron chi connectivity index (χ4n) is 5.40. The van der Waals surface area contributed by atoms with Crippen molar-refractivity contribution in [3.05, 3.63) is 0 Å². The average Bonchev–Trinajstić information content (AvgIpc) is 3.07. The Morgan fingerprint density at radius 1 is 0.333 bits per heavy atom. The first-order valence-corrected chi connectivity index (χ1v) is 21.5. The molecule has 0 radical (unpaired) electrons. The van der Waals surface area contributed by atoms with Gasteiger partial charge in [0.05, 0.1) is 92.0 Å². The molecule has 0 saturated heterocycles. The first kappa shape index (κ1) is 59.5. The molecule has 0 fully saturated rings. The van der Waals surface area contributed by atoms with Crippen LogP contribution in [0.4, 0.5) is 0 Å². The lowest BCUT2D eigenvalue weighted by molar-refractivity contribution is -0.159. The number of nitrogens with zero attached hydrogens (tertiary/aromatic N) is 4. The van der Waals surface area contributed by atoms with Gasteiger partial charge >= 0.3 is 35.8 Å². The lowest BCUT2D eigenvalue weighted by atomic mass is 10.2. The van der Waals surface area contributed by atoms with E-state index in [-0.39, 0.29) is 78.6 Å². The van der Waals surface area contributed by atoms with Crippen LogP contribution in [0, 0.1) is 0 Å². The van der Waals surface area contributed by atoms with Crippen molar-refractivity contribution in [1.29, 1.82) is 0 Å². The van der Waals surface area contributed by atoms with Crippen molar-refractivity contribution < 1.29 is 76.9 Å². The molecule has 0 aromatic heterocycles. The first-order valence-electron chi connectivity index (χ1n) is 21.5. The topological polar surface area (TPSA) is 230 Å². The van der Waals surface area contributed by atoms with E-state index < -0.39 is 64.8 Å². The molecule has 20 heteroatoms. The Morgan fingerprint density at radius 2 is 0.587 bits per heavy atom. The summed E-state index contributed by atoms with van der Waals surface area (Å²) >= 11 is 0. The summed E-state index contributed by atoms with van der Waals surface area (Å²) in [6.07, 6.45) is -0.0625. The zero-order valence-electron chi connectivity index (χ0n) is 40.2. The van der Waals surface area contributed by atoms with E-state index in [1.807, 2.05) is 9.80 Å². The molecule has 0 aromatic rings. The largest absolute Gasteiger partial charge is 0.481 e. The van der Waals surface area contributed by atoms with Gasteiger partial charge in [-0.3, -0.25) is 48.4 Å². The van der Waals surface area contributed by atoms with E-state index in [9.17, 15) is 33.9 Å². The minimum atomic E-state index is -1.13. The second-order valence-electron chi connectivity index (χ2n) is 18.9. The summed E-state index contributed by atoms with van der Waals surface area (Å²) in [4.78, 5) is 81.1. The van der Waals surface area contributed by atoms with E-state index in [0.717, 1.165) is 0 Å². The molecular weight excluding hydrogens is 828 g/mol. The molecule has 63 heavy (non-hydrogen) atoms. The summed E-state index contributed by atoms with van der Waals surface area (Å²) in [6, 6.07) is 0. The van der Waals surface area contributed by atoms with E-state index >= 15 is 0 Å². The van der Waals surface area contributed by atoms with Gasteiger partial charge in [-0.15, -0.1) is 0 Å². The normalized spacial score (nSPS) is 12.6. The van der Waals surface area contributed by atoms with Gasteiger partial charge in [0.15, 0.2) is 0 Å². The molecule has 2 N–H and O–H groups in total. The van der Waals surface area contributed by atoms with Crippen LogP contribution in [-0.2, 0) is 66.7 Å². The number of esters is 4. The van der Waals surface area contributed by atoms with Gasteiger partial charge in [0, 0.05) is 45.8 Å². The predicted octanol–water partition coefficient (Wildman–Crippen LogP) is 2.19. The standard InChI is InChI=1S/C43H80N4O16/c1-40(2,3)60-36(52)30-44(14-15-45(31-37(53)61-41(4,5)6)18-19-47(29-35(50)51)33-39(55)63-43(10,11)12)16-17-46(32-38(54)62-42(7,8)9)20-22-57-24-26-59-28-27-58-25-23-56-21-13-34(48)49/h13-33H2,1-12H3,(H,48,49)(H,50,51). The second-order valence-corrected chi connectivity index (χ2v) is 18.9. The molecule has 0 atom stereocenters. The van der Waals surface area contributed by atoms with E-state index in [4.69, 9.17) is 43.0 Å². The lowest BCUT2D eigenvalue weighted by Crippen LogP contribution is -2.47. The van der Waals surface area contributed by atoms with Crippen molar-refractivity contribution >= 4 is 35.8 Å². The fraction of sp³-hybridized carbons (Fsp3) is 0.860. The zero-order valence-corrected chi connectivity index (χ0v) is 40.2. The molecule has 0 aliphatic rings. The molecule has 20 nitrogen and oxygen atoms in total. The van der Waals surface area contributed by atoms with Crippen LogP contribution < -0.4 is 0 Å². The molecule has 0 unspecified atom stereocenters. The van der Waals surface area contributed by atoms with Crippen molar-refractivity contribution in [2.75, 3.05) is 131 Å². The highest BCUT2D eigenvalue weighted by Gasteiger charge is 2.26. The van der Waals surface area contributed by atoms with Crippen LogP contribution in [0.5, 0.6) is 0 Å². The summed E-state index contributed by atoms with van der Waals surface area (Å²) in [6.45, 7) is 24.1. The lowest BCUT2D eigenvalue weighted by Gasteiger charge is -2.31. The molecule has 0 aliphatic carbocycles. The third-order valence-electron chi connectivity index (χ3n) is 7.78. The van der Waals surface area contributed by atoms with Crippen LogP contribution in [-0.4, -0.2) is 219 Å². The molecular formula is C43H80N4O16. The summed E-state index contributed by atoms with van der Waals surface area (Å²) in [5.74, 6) is -4.04. The van der Waals surface area contributed by atoms with Crippen LogP contribution >= 0.6 is 0 Å². The molecule has 0 rings (SSSR count). The summed E-state index contributed by atoms with van der Waals surface area (Å²) < 4.78 is 44.2. The van der Waals surface area contributed by atoms with Gasteiger partial charge in [0.1, 0.15) is 22.4 Å². The monoisotopic (exact) mass is 909 g/mol. The minimum absolute atomic E-state index is 0.0450. The minimum Gasteiger partial charge on any atom is -0.481 e. The third-order valence-corrected chi connectivity index (χ3v) is 7.78. The maximum absolute atomic E-state index is 13.2. The average molecular weight is 909 g/mol. The molecule has 0 aromatic carbocycles. The Bertz CT molecular complexity index is 1350. The number of aliphatic carboxylic acids is 2. The number of hydrogen-bond acceptors (Lipinski definition) is 18. The van der Waals surface area contributed by atoms with Gasteiger partial charge in [-0.25, -0.2) is 0 Å². The number of rotatable bonds is 34. The number of carboxylic acids is 2. The van der Waals surface area contributed by atoms with Crippen molar-refractivity contribution in [2.24, 2.45) is 0 Å². The van der Waals surface area contributed by atoms with E-state index in [2.05, 4.69) is 0 Å². The van der Waals surface area contributed by atoms with Crippen molar-refractivity contribution in [1.82, 2.24) is 19.6 Å². The third kappa shape index (κ3) is 39.8. The summed E-state index contributed by atoms with van der Waals surface area (Å²) in [5.41, 5.74) is -2.98. The Kier molecular flexibility index (Phi) is 28.9. The van der Waals surface area contributed by atoms with E-state index in [0.29, 0.717) is 52.7 Å².